The van der Waals surface area contributed by atoms with Crippen molar-refractivity contribution in [1.82, 2.24) is 24.8 Å². The molecule has 6 nitrogen and oxygen atoms in total. The van der Waals surface area contributed by atoms with Crippen LogP contribution in [0.5, 0.6) is 0 Å². The first-order valence-corrected chi connectivity index (χ1v) is 9.64. The van der Waals surface area contributed by atoms with Gasteiger partial charge in [-0.15, -0.1) is 11.3 Å². The Morgan fingerprint density at radius 2 is 2.00 bits per heavy atom. The molecule has 0 aliphatic heterocycles. The van der Waals surface area contributed by atoms with Crippen molar-refractivity contribution in [2.24, 2.45) is 0 Å². The SMILES string of the molecule is Cc1cc(C)n(-c2cccc(CN(C)Cc3nc(-c4cccs4)no3)c2)n1. The Kier molecular flexibility index (Phi) is 4.87. The Hall–Kier alpha value is -2.77. The summed E-state index contributed by atoms with van der Waals surface area (Å²) >= 11 is 1.61. The van der Waals surface area contributed by atoms with E-state index in [0.29, 0.717) is 18.3 Å². The van der Waals surface area contributed by atoms with Crippen molar-refractivity contribution >= 4 is 11.3 Å². The maximum atomic E-state index is 5.40. The van der Waals surface area contributed by atoms with E-state index >= 15 is 0 Å². The lowest BCUT2D eigenvalue weighted by molar-refractivity contribution is 0.261. The zero-order valence-corrected chi connectivity index (χ0v) is 16.4. The molecule has 7 heteroatoms. The molecule has 0 bridgehead atoms. The van der Waals surface area contributed by atoms with Crippen molar-refractivity contribution in [2.75, 3.05) is 7.05 Å². The van der Waals surface area contributed by atoms with E-state index in [4.69, 9.17) is 4.52 Å². The molecule has 0 fully saturated rings. The van der Waals surface area contributed by atoms with Gasteiger partial charge in [-0.3, -0.25) is 4.90 Å². The van der Waals surface area contributed by atoms with Gasteiger partial charge in [-0.05, 0) is 56.1 Å². The van der Waals surface area contributed by atoms with E-state index in [9.17, 15) is 0 Å². The van der Waals surface area contributed by atoms with Crippen LogP contribution in [0, 0.1) is 13.8 Å². The van der Waals surface area contributed by atoms with Crippen LogP contribution in [-0.2, 0) is 13.1 Å². The fraction of sp³-hybridized carbons (Fsp3) is 0.250. The molecule has 0 aliphatic carbocycles. The predicted octanol–water partition coefficient (Wildman–Crippen LogP) is 4.23. The van der Waals surface area contributed by atoms with Crippen LogP contribution in [0.1, 0.15) is 22.8 Å². The molecule has 138 valence electrons. The normalized spacial score (nSPS) is 11.4. The lowest BCUT2D eigenvalue weighted by atomic mass is 10.2. The van der Waals surface area contributed by atoms with Crippen molar-refractivity contribution in [3.63, 3.8) is 0 Å². The summed E-state index contributed by atoms with van der Waals surface area (Å²) in [4.78, 5) is 7.67. The molecule has 27 heavy (non-hydrogen) atoms. The summed E-state index contributed by atoms with van der Waals surface area (Å²) < 4.78 is 7.37. The maximum Gasteiger partial charge on any atom is 0.241 e. The van der Waals surface area contributed by atoms with Crippen molar-refractivity contribution in [1.29, 1.82) is 0 Å². The Morgan fingerprint density at radius 1 is 1.11 bits per heavy atom. The van der Waals surface area contributed by atoms with E-state index in [1.165, 1.54) is 5.56 Å². The molecule has 4 rings (SSSR count). The number of hydrogen-bond acceptors (Lipinski definition) is 6. The number of aromatic nitrogens is 4. The minimum Gasteiger partial charge on any atom is -0.338 e. The molecular weight excluding hydrogens is 358 g/mol. The molecule has 0 saturated heterocycles. The highest BCUT2D eigenvalue weighted by atomic mass is 32.1. The molecular formula is C20H21N5OS. The fourth-order valence-electron chi connectivity index (χ4n) is 3.10. The van der Waals surface area contributed by atoms with Gasteiger partial charge in [0.05, 0.1) is 22.8 Å². The molecule has 0 radical (unpaired) electrons. The van der Waals surface area contributed by atoms with Crippen molar-refractivity contribution in [3.8, 4) is 16.4 Å². The summed E-state index contributed by atoms with van der Waals surface area (Å²) in [5, 5.41) is 10.6. The Labute approximate surface area is 162 Å². The number of hydrogen-bond donors (Lipinski definition) is 0. The average molecular weight is 379 g/mol. The summed E-state index contributed by atoms with van der Waals surface area (Å²) in [5.74, 6) is 1.27. The molecule has 0 atom stereocenters. The van der Waals surface area contributed by atoms with Crippen molar-refractivity contribution < 1.29 is 4.52 Å². The van der Waals surface area contributed by atoms with Crippen LogP contribution in [0.25, 0.3) is 16.4 Å². The number of rotatable bonds is 6. The maximum absolute atomic E-state index is 5.40. The van der Waals surface area contributed by atoms with Gasteiger partial charge in [-0.2, -0.15) is 10.1 Å². The Bertz CT molecular complexity index is 1030. The van der Waals surface area contributed by atoms with E-state index in [2.05, 4.69) is 57.4 Å². The van der Waals surface area contributed by atoms with Gasteiger partial charge in [-0.25, -0.2) is 4.68 Å². The van der Waals surface area contributed by atoms with Crippen LogP contribution in [0.3, 0.4) is 0 Å². The molecule has 0 saturated carbocycles. The lowest BCUT2D eigenvalue weighted by Crippen LogP contribution is -2.17. The van der Waals surface area contributed by atoms with Crippen molar-refractivity contribution in [2.45, 2.75) is 26.9 Å². The van der Waals surface area contributed by atoms with Gasteiger partial charge in [0.25, 0.3) is 0 Å². The highest BCUT2D eigenvalue weighted by molar-refractivity contribution is 7.13. The topological polar surface area (TPSA) is 60.0 Å². The average Bonchev–Trinajstić information content (AvgIpc) is 3.36. The molecule has 3 aromatic heterocycles. The van der Waals surface area contributed by atoms with Crippen LogP contribution >= 0.6 is 11.3 Å². The van der Waals surface area contributed by atoms with E-state index in [1.54, 1.807) is 11.3 Å². The Balaban J connectivity index is 1.45. The molecule has 3 heterocycles. The Morgan fingerprint density at radius 3 is 2.74 bits per heavy atom. The van der Waals surface area contributed by atoms with Gasteiger partial charge >= 0.3 is 0 Å². The van der Waals surface area contributed by atoms with E-state index in [-0.39, 0.29) is 0 Å². The molecule has 4 aromatic rings. The highest BCUT2D eigenvalue weighted by Gasteiger charge is 2.12. The summed E-state index contributed by atoms with van der Waals surface area (Å²) in [7, 11) is 2.05. The van der Waals surface area contributed by atoms with Gasteiger partial charge in [-0.1, -0.05) is 23.4 Å². The third-order valence-corrected chi connectivity index (χ3v) is 5.10. The third kappa shape index (κ3) is 3.99. The van der Waals surface area contributed by atoms with Crippen LogP contribution in [0.2, 0.25) is 0 Å². The van der Waals surface area contributed by atoms with Gasteiger partial charge in [0.15, 0.2) is 0 Å². The summed E-state index contributed by atoms with van der Waals surface area (Å²) in [5.41, 5.74) is 4.43. The molecule has 0 aliphatic rings. The van der Waals surface area contributed by atoms with Gasteiger partial charge in [0.2, 0.25) is 11.7 Å². The standard InChI is InChI=1S/C20H21N5OS/c1-14-10-15(2)25(22-14)17-7-4-6-16(11-17)12-24(3)13-19-21-20(23-26-19)18-8-5-9-27-18/h4-11H,12-13H2,1-3H3. The second kappa shape index (κ2) is 7.46. The number of benzene rings is 1. The van der Waals surface area contributed by atoms with Gasteiger partial charge < -0.3 is 4.52 Å². The van der Waals surface area contributed by atoms with Gasteiger partial charge in [0.1, 0.15) is 0 Å². The smallest absolute Gasteiger partial charge is 0.241 e. The fourth-order valence-corrected chi connectivity index (χ4v) is 3.75. The lowest BCUT2D eigenvalue weighted by Gasteiger charge is -2.15. The molecule has 1 aromatic carbocycles. The first-order chi connectivity index (χ1) is 13.1. The number of aryl methyl sites for hydroxylation is 2. The van der Waals surface area contributed by atoms with Crippen molar-refractivity contribution in [3.05, 3.63) is 70.7 Å². The van der Waals surface area contributed by atoms with E-state index < -0.39 is 0 Å². The molecule has 0 spiro atoms. The first kappa shape index (κ1) is 17.6. The minimum absolute atomic E-state index is 0.600. The molecule has 0 unspecified atom stereocenters. The van der Waals surface area contributed by atoms with Crippen LogP contribution < -0.4 is 0 Å². The monoisotopic (exact) mass is 379 g/mol. The second-order valence-corrected chi connectivity index (χ2v) is 7.62. The quantitative estimate of drug-likeness (QED) is 0.502. The van der Waals surface area contributed by atoms with E-state index in [1.807, 2.05) is 36.2 Å². The molecule has 0 N–H and O–H groups in total. The summed E-state index contributed by atoms with van der Waals surface area (Å²) in [6.07, 6.45) is 0. The minimum atomic E-state index is 0.600. The second-order valence-electron chi connectivity index (χ2n) is 6.67. The third-order valence-electron chi connectivity index (χ3n) is 4.23. The summed E-state index contributed by atoms with van der Waals surface area (Å²) in [6, 6.07) is 14.5. The molecule has 0 amide bonds. The largest absolute Gasteiger partial charge is 0.338 e. The van der Waals surface area contributed by atoms with Crippen LogP contribution in [0.4, 0.5) is 0 Å². The predicted molar refractivity (Wildman–Crippen MR) is 106 cm³/mol. The van der Waals surface area contributed by atoms with Crippen LogP contribution in [0.15, 0.2) is 52.4 Å². The summed E-state index contributed by atoms with van der Waals surface area (Å²) in [6.45, 7) is 5.46. The van der Waals surface area contributed by atoms with E-state index in [0.717, 1.165) is 28.5 Å². The number of nitrogens with zero attached hydrogens (tertiary/aromatic N) is 5. The number of thiophene rings is 1. The first-order valence-electron chi connectivity index (χ1n) is 8.76. The van der Waals surface area contributed by atoms with Crippen LogP contribution in [-0.4, -0.2) is 31.9 Å². The highest BCUT2D eigenvalue weighted by Crippen LogP contribution is 2.22. The zero-order chi connectivity index (χ0) is 18.8. The zero-order valence-electron chi connectivity index (χ0n) is 15.6. The van der Waals surface area contributed by atoms with Gasteiger partial charge in [0, 0.05) is 12.2 Å².